The zero-order valence-electron chi connectivity index (χ0n) is 18.9. The van der Waals surface area contributed by atoms with Crippen LogP contribution < -0.4 is 14.5 Å². The van der Waals surface area contributed by atoms with Gasteiger partial charge in [-0.25, -0.2) is 0 Å². The van der Waals surface area contributed by atoms with Crippen molar-refractivity contribution in [2.24, 2.45) is 0 Å². The summed E-state index contributed by atoms with van der Waals surface area (Å²) < 4.78 is 5.36. The van der Waals surface area contributed by atoms with Crippen molar-refractivity contribution in [3.8, 4) is 5.75 Å². The number of fused-ring (bicyclic) bond motifs is 2. The summed E-state index contributed by atoms with van der Waals surface area (Å²) >= 11 is 1.41. The summed E-state index contributed by atoms with van der Waals surface area (Å²) in [6.07, 6.45) is 0. The number of ether oxygens (including phenoxy) is 1. The van der Waals surface area contributed by atoms with Gasteiger partial charge in [-0.15, -0.1) is 11.8 Å². The molecule has 0 bridgehead atoms. The summed E-state index contributed by atoms with van der Waals surface area (Å²) in [6.45, 7) is 4.69. The fourth-order valence-corrected chi connectivity index (χ4v) is 6.03. The van der Waals surface area contributed by atoms with Gasteiger partial charge in [-0.1, -0.05) is 56.3 Å². The quantitative estimate of drug-likeness (QED) is 0.521. The average Bonchev–Trinajstić information content (AvgIpc) is 3.30. The van der Waals surface area contributed by atoms with E-state index in [9.17, 15) is 9.59 Å². The van der Waals surface area contributed by atoms with Crippen LogP contribution in [-0.2, 0) is 21.0 Å². The summed E-state index contributed by atoms with van der Waals surface area (Å²) in [5.41, 5.74) is 4.63. The molecule has 0 aliphatic carbocycles. The third-order valence-electron chi connectivity index (χ3n) is 6.36. The van der Waals surface area contributed by atoms with Crippen molar-refractivity contribution in [3.63, 3.8) is 0 Å². The Hall–Kier alpha value is -3.25. The molecule has 0 aromatic heterocycles. The molecule has 6 heteroatoms. The van der Waals surface area contributed by atoms with Crippen molar-refractivity contribution < 1.29 is 14.3 Å². The number of thioether (sulfide) groups is 1. The molecule has 0 N–H and O–H groups in total. The summed E-state index contributed by atoms with van der Waals surface area (Å²) in [4.78, 5) is 29.7. The molecule has 2 heterocycles. The monoisotopic (exact) mass is 458 g/mol. The number of hydrogen-bond acceptors (Lipinski definition) is 4. The van der Waals surface area contributed by atoms with E-state index in [-0.39, 0.29) is 17.6 Å². The molecule has 5 nitrogen and oxygen atoms in total. The average molecular weight is 459 g/mol. The van der Waals surface area contributed by atoms with Crippen LogP contribution in [-0.4, -0.2) is 24.7 Å². The highest BCUT2D eigenvalue weighted by Crippen LogP contribution is 2.56. The number of nitrogens with zero attached hydrogens (tertiary/aromatic N) is 2. The van der Waals surface area contributed by atoms with Crippen molar-refractivity contribution >= 4 is 35.0 Å². The molecule has 3 aromatic rings. The molecular weight excluding hydrogens is 432 g/mol. The number of para-hydroxylation sites is 1. The standard InChI is InChI=1S/C27H26N2O3S/c1-18(2)20-11-13-21(14-12-20)29-25(30)17-33-27(29)23-9-4-5-10-24(23)28(26(27)31)16-19-7-6-8-22(15-19)32-3/h4-15,18H,16-17H2,1-3H3/t27-/m1/s1. The summed E-state index contributed by atoms with van der Waals surface area (Å²) in [5.74, 6) is 1.27. The molecule has 0 unspecified atom stereocenters. The van der Waals surface area contributed by atoms with Crippen LogP contribution in [0, 0.1) is 0 Å². The summed E-state index contributed by atoms with van der Waals surface area (Å²) in [6, 6.07) is 23.6. The van der Waals surface area contributed by atoms with Crippen LogP contribution >= 0.6 is 11.8 Å². The van der Waals surface area contributed by atoms with Crippen molar-refractivity contribution in [3.05, 3.63) is 89.5 Å². The second-order valence-electron chi connectivity index (χ2n) is 8.67. The maximum Gasteiger partial charge on any atom is 0.269 e. The molecule has 2 aliphatic heterocycles. The highest BCUT2D eigenvalue weighted by Gasteiger charge is 2.60. The van der Waals surface area contributed by atoms with E-state index in [1.165, 1.54) is 17.3 Å². The first-order valence-corrected chi connectivity index (χ1v) is 12.1. The Labute approximate surface area is 198 Å². The number of rotatable bonds is 5. The van der Waals surface area contributed by atoms with Crippen molar-refractivity contribution in [2.75, 3.05) is 22.7 Å². The highest BCUT2D eigenvalue weighted by molar-refractivity contribution is 8.02. The SMILES string of the molecule is COc1cccc(CN2C(=O)[C@]3(SCC(=O)N3c3ccc(C(C)C)cc3)c3ccccc32)c1. The lowest BCUT2D eigenvalue weighted by atomic mass is 10.0. The fraction of sp³-hybridized carbons (Fsp3) is 0.259. The zero-order valence-corrected chi connectivity index (χ0v) is 19.8. The van der Waals surface area contributed by atoms with E-state index in [1.54, 1.807) is 16.9 Å². The Kier molecular flexibility index (Phi) is 5.41. The van der Waals surface area contributed by atoms with E-state index in [0.29, 0.717) is 12.5 Å². The Balaban J connectivity index is 1.59. The molecule has 0 radical (unpaired) electrons. The van der Waals surface area contributed by atoms with Gasteiger partial charge in [-0.3, -0.25) is 14.5 Å². The molecule has 1 spiro atoms. The Morgan fingerprint density at radius 2 is 1.76 bits per heavy atom. The van der Waals surface area contributed by atoms with E-state index in [1.807, 2.05) is 72.8 Å². The van der Waals surface area contributed by atoms with Crippen LogP contribution in [0.3, 0.4) is 0 Å². The van der Waals surface area contributed by atoms with Gasteiger partial charge in [0.2, 0.25) is 10.8 Å². The van der Waals surface area contributed by atoms with Crippen LogP contribution in [0.5, 0.6) is 5.75 Å². The third kappa shape index (κ3) is 3.40. The summed E-state index contributed by atoms with van der Waals surface area (Å²) in [7, 11) is 1.63. The first-order valence-electron chi connectivity index (χ1n) is 11.1. The number of amides is 2. The molecule has 1 fully saturated rings. The molecular formula is C27H26N2O3S. The first-order chi connectivity index (χ1) is 16.0. The number of benzene rings is 3. The molecule has 2 amide bonds. The van der Waals surface area contributed by atoms with E-state index in [0.717, 1.165) is 28.3 Å². The molecule has 5 rings (SSSR count). The third-order valence-corrected chi connectivity index (χ3v) is 7.74. The van der Waals surface area contributed by atoms with E-state index in [2.05, 4.69) is 13.8 Å². The predicted molar refractivity (Wildman–Crippen MR) is 133 cm³/mol. The number of hydrogen-bond donors (Lipinski definition) is 0. The van der Waals surface area contributed by atoms with Gasteiger partial charge < -0.3 is 9.64 Å². The van der Waals surface area contributed by atoms with Crippen LogP contribution in [0.2, 0.25) is 0 Å². The molecule has 1 atom stereocenters. The molecule has 3 aromatic carbocycles. The molecule has 1 saturated heterocycles. The first kappa shape index (κ1) is 21.6. The number of methoxy groups -OCH3 is 1. The van der Waals surface area contributed by atoms with Crippen LogP contribution in [0.4, 0.5) is 11.4 Å². The maximum atomic E-state index is 14.1. The molecule has 33 heavy (non-hydrogen) atoms. The van der Waals surface area contributed by atoms with Gasteiger partial charge in [0.15, 0.2) is 0 Å². The Bertz CT molecular complexity index is 1220. The Morgan fingerprint density at radius 1 is 1.00 bits per heavy atom. The van der Waals surface area contributed by atoms with Gasteiger partial charge in [-0.2, -0.15) is 0 Å². The zero-order chi connectivity index (χ0) is 23.2. The van der Waals surface area contributed by atoms with Gasteiger partial charge in [0, 0.05) is 11.3 Å². The minimum Gasteiger partial charge on any atom is -0.497 e. The maximum absolute atomic E-state index is 14.1. The lowest BCUT2D eigenvalue weighted by Gasteiger charge is -2.33. The van der Waals surface area contributed by atoms with Crippen molar-refractivity contribution in [1.29, 1.82) is 0 Å². The van der Waals surface area contributed by atoms with E-state index < -0.39 is 4.87 Å². The normalized spacial score (nSPS) is 19.6. The van der Waals surface area contributed by atoms with Crippen LogP contribution in [0.25, 0.3) is 0 Å². The van der Waals surface area contributed by atoms with Crippen LogP contribution in [0.1, 0.15) is 36.5 Å². The van der Waals surface area contributed by atoms with Crippen LogP contribution in [0.15, 0.2) is 72.8 Å². The Morgan fingerprint density at radius 3 is 2.48 bits per heavy atom. The number of carbonyl (C=O) groups is 2. The number of anilines is 2. The van der Waals surface area contributed by atoms with Gasteiger partial charge in [0.05, 0.1) is 25.1 Å². The van der Waals surface area contributed by atoms with Gasteiger partial charge in [-0.05, 0) is 47.4 Å². The second-order valence-corrected chi connectivity index (χ2v) is 9.84. The molecule has 168 valence electrons. The van der Waals surface area contributed by atoms with Gasteiger partial charge in [0.25, 0.3) is 5.91 Å². The van der Waals surface area contributed by atoms with Gasteiger partial charge >= 0.3 is 0 Å². The van der Waals surface area contributed by atoms with Crippen molar-refractivity contribution in [2.45, 2.75) is 31.2 Å². The largest absolute Gasteiger partial charge is 0.497 e. The predicted octanol–water partition coefficient (Wildman–Crippen LogP) is 5.30. The minimum atomic E-state index is -1.09. The topological polar surface area (TPSA) is 49.9 Å². The van der Waals surface area contributed by atoms with Crippen molar-refractivity contribution in [1.82, 2.24) is 0 Å². The van der Waals surface area contributed by atoms with E-state index in [4.69, 9.17) is 4.74 Å². The van der Waals surface area contributed by atoms with E-state index >= 15 is 0 Å². The highest BCUT2D eigenvalue weighted by atomic mass is 32.2. The lowest BCUT2D eigenvalue weighted by Crippen LogP contribution is -2.49. The lowest BCUT2D eigenvalue weighted by molar-refractivity contribution is -0.123. The fourth-order valence-electron chi connectivity index (χ4n) is 4.67. The number of carbonyl (C=O) groups excluding carboxylic acids is 2. The minimum absolute atomic E-state index is 0.0521. The molecule has 0 saturated carbocycles. The second kappa shape index (κ2) is 8.27. The van der Waals surface area contributed by atoms with Gasteiger partial charge in [0.1, 0.15) is 5.75 Å². The smallest absolute Gasteiger partial charge is 0.269 e. The summed E-state index contributed by atoms with van der Waals surface area (Å²) in [5, 5.41) is 0. The molecule has 2 aliphatic rings.